The van der Waals surface area contributed by atoms with Gasteiger partial charge in [0, 0.05) is 23.7 Å². The Balaban J connectivity index is 1.76. The lowest BCUT2D eigenvalue weighted by molar-refractivity contribution is -0.122. The Bertz CT molecular complexity index is 888. The van der Waals surface area contributed by atoms with E-state index in [1.807, 2.05) is 18.2 Å². The summed E-state index contributed by atoms with van der Waals surface area (Å²) >= 11 is 5.92. The normalized spacial score (nSPS) is 17.0. The molecule has 0 aromatic heterocycles. The first kappa shape index (κ1) is 20.2. The molecule has 2 amide bonds. The third-order valence-corrected chi connectivity index (χ3v) is 5.21. The zero-order valence-corrected chi connectivity index (χ0v) is 17.3. The molecule has 2 aromatic rings. The Morgan fingerprint density at radius 2 is 1.86 bits per heavy atom. The maximum Gasteiger partial charge on any atom is 0.229 e. The zero-order valence-electron chi connectivity index (χ0n) is 16.6. The quantitative estimate of drug-likeness (QED) is 0.813. The van der Waals surface area contributed by atoms with Crippen LogP contribution in [0.3, 0.4) is 0 Å². The average molecular weight is 401 g/mol. The second-order valence-corrected chi connectivity index (χ2v) is 8.47. The predicted octanol–water partition coefficient (Wildman–Crippen LogP) is 4.64. The molecule has 1 atom stereocenters. The summed E-state index contributed by atoms with van der Waals surface area (Å²) in [5.74, 6) is -0.0848. The van der Waals surface area contributed by atoms with E-state index in [1.165, 1.54) is 0 Å². The smallest absolute Gasteiger partial charge is 0.229 e. The average Bonchev–Trinajstić information content (AvgIpc) is 3.03. The van der Waals surface area contributed by atoms with Crippen LogP contribution in [0.5, 0.6) is 5.75 Å². The lowest BCUT2D eigenvalue weighted by Gasteiger charge is -2.22. The number of nitrogens with zero attached hydrogens (tertiary/aromatic N) is 1. The Hall–Kier alpha value is -2.53. The molecule has 0 aliphatic carbocycles. The summed E-state index contributed by atoms with van der Waals surface area (Å²) in [6.07, 6.45) is 0.176. The minimum absolute atomic E-state index is 0.0551. The fourth-order valence-corrected chi connectivity index (χ4v) is 3.39. The van der Waals surface area contributed by atoms with Gasteiger partial charge in [-0.25, -0.2) is 0 Å². The molecular formula is C22H25ClN2O3. The second-order valence-electron chi connectivity index (χ2n) is 8.04. The van der Waals surface area contributed by atoms with E-state index in [9.17, 15) is 9.59 Å². The summed E-state index contributed by atoms with van der Waals surface area (Å²) in [4.78, 5) is 26.9. The Kier molecular flexibility index (Phi) is 5.66. The van der Waals surface area contributed by atoms with Crippen molar-refractivity contribution in [2.75, 3.05) is 23.9 Å². The van der Waals surface area contributed by atoms with Crippen LogP contribution in [0.25, 0.3) is 0 Å². The van der Waals surface area contributed by atoms with Crippen LogP contribution in [0.2, 0.25) is 5.02 Å². The monoisotopic (exact) mass is 400 g/mol. The third-order valence-electron chi connectivity index (χ3n) is 4.96. The van der Waals surface area contributed by atoms with Crippen LogP contribution in [0, 0.1) is 5.92 Å². The number of carbonyl (C=O) groups excluding carboxylic acids is 2. The summed E-state index contributed by atoms with van der Waals surface area (Å²) in [6, 6.07) is 12.8. The number of hydrogen-bond acceptors (Lipinski definition) is 3. The molecule has 1 fully saturated rings. The molecule has 1 aliphatic rings. The number of amides is 2. The first-order valence-electron chi connectivity index (χ1n) is 9.24. The third kappa shape index (κ3) is 4.30. The lowest BCUT2D eigenvalue weighted by atomic mass is 9.86. The number of hydrogen-bond donors (Lipinski definition) is 1. The summed E-state index contributed by atoms with van der Waals surface area (Å²) < 4.78 is 5.39. The van der Waals surface area contributed by atoms with Crippen LogP contribution in [-0.4, -0.2) is 25.5 Å². The molecule has 5 nitrogen and oxygen atoms in total. The van der Waals surface area contributed by atoms with Crippen LogP contribution >= 0.6 is 11.6 Å². The number of rotatable bonds is 4. The van der Waals surface area contributed by atoms with E-state index in [0.717, 1.165) is 11.3 Å². The second kappa shape index (κ2) is 7.84. The van der Waals surface area contributed by atoms with E-state index in [0.29, 0.717) is 23.0 Å². The van der Waals surface area contributed by atoms with Crippen LogP contribution in [0.4, 0.5) is 11.4 Å². The standard InChI is InChI=1S/C22H25ClN2O3/c1-22(2,3)15-5-10-19(28-4)18(12-15)24-21(27)14-11-20(26)25(13-14)17-8-6-16(23)7-9-17/h5-10,12,14H,11,13H2,1-4H3,(H,24,27)/t14-/m1/s1. The van der Waals surface area contributed by atoms with E-state index in [2.05, 4.69) is 26.1 Å². The van der Waals surface area contributed by atoms with Crippen LogP contribution in [0.1, 0.15) is 32.8 Å². The van der Waals surface area contributed by atoms with Gasteiger partial charge in [0.25, 0.3) is 0 Å². The first-order valence-corrected chi connectivity index (χ1v) is 9.62. The van der Waals surface area contributed by atoms with Crippen molar-refractivity contribution in [3.05, 3.63) is 53.1 Å². The first-order chi connectivity index (χ1) is 13.2. The predicted molar refractivity (Wildman–Crippen MR) is 112 cm³/mol. The maximum atomic E-state index is 12.9. The molecule has 148 valence electrons. The van der Waals surface area contributed by atoms with E-state index < -0.39 is 5.92 Å². The molecule has 0 bridgehead atoms. The number of benzene rings is 2. The Morgan fingerprint density at radius 1 is 1.18 bits per heavy atom. The SMILES string of the molecule is COc1ccc(C(C)(C)C)cc1NC(=O)[C@@H]1CC(=O)N(c2ccc(Cl)cc2)C1. The molecule has 28 heavy (non-hydrogen) atoms. The number of anilines is 2. The minimum Gasteiger partial charge on any atom is -0.495 e. The van der Waals surface area contributed by atoms with Crippen molar-refractivity contribution in [2.45, 2.75) is 32.6 Å². The molecule has 0 spiro atoms. The minimum atomic E-state index is -0.425. The molecular weight excluding hydrogens is 376 g/mol. The number of methoxy groups -OCH3 is 1. The molecule has 1 saturated heterocycles. The van der Waals surface area contributed by atoms with Crippen molar-refractivity contribution < 1.29 is 14.3 Å². The van der Waals surface area contributed by atoms with E-state index in [-0.39, 0.29) is 23.7 Å². The molecule has 6 heteroatoms. The fourth-order valence-electron chi connectivity index (χ4n) is 3.26. The van der Waals surface area contributed by atoms with Gasteiger partial charge in [-0.05, 0) is 47.4 Å². The van der Waals surface area contributed by atoms with E-state index in [1.54, 1.807) is 36.3 Å². The van der Waals surface area contributed by atoms with Gasteiger partial charge in [0.15, 0.2) is 0 Å². The fraction of sp³-hybridized carbons (Fsp3) is 0.364. The highest BCUT2D eigenvalue weighted by Crippen LogP contribution is 2.33. The van der Waals surface area contributed by atoms with Gasteiger partial charge in [0.1, 0.15) is 5.75 Å². The number of ether oxygens (including phenoxy) is 1. The van der Waals surface area contributed by atoms with Crippen molar-refractivity contribution in [1.29, 1.82) is 0 Å². The highest BCUT2D eigenvalue weighted by Gasteiger charge is 2.35. The van der Waals surface area contributed by atoms with Crippen LogP contribution in [-0.2, 0) is 15.0 Å². The van der Waals surface area contributed by atoms with Gasteiger partial charge in [-0.1, -0.05) is 38.4 Å². The Morgan fingerprint density at radius 3 is 2.46 bits per heavy atom. The maximum absolute atomic E-state index is 12.9. The van der Waals surface area contributed by atoms with Crippen molar-refractivity contribution in [1.82, 2.24) is 0 Å². The van der Waals surface area contributed by atoms with Gasteiger partial charge in [-0.3, -0.25) is 9.59 Å². The Labute approximate surface area is 170 Å². The molecule has 0 saturated carbocycles. The van der Waals surface area contributed by atoms with Gasteiger partial charge < -0.3 is 15.0 Å². The lowest BCUT2D eigenvalue weighted by Crippen LogP contribution is -2.28. The van der Waals surface area contributed by atoms with Crippen LogP contribution in [0.15, 0.2) is 42.5 Å². The number of carbonyl (C=O) groups is 2. The molecule has 2 aromatic carbocycles. The molecule has 0 unspecified atom stereocenters. The molecule has 0 radical (unpaired) electrons. The highest BCUT2D eigenvalue weighted by molar-refractivity contribution is 6.30. The number of halogens is 1. The largest absolute Gasteiger partial charge is 0.495 e. The zero-order chi connectivity index (χ0) is 20.5. The number of nitrogens with one attached hydrogen (secondary N) is 1. The van der Waals surface area contributed by atoms with Gasteiger partial charge in [-0.2, -0.15) is 0 Å². The van der Waals surface area contributed by atoms with Crippen molar-refractivity contribution in [3.8, 4) is 5.75 Å². The topological polar surface area (TPSA) is 58.6 Å². The van der Waals surface area contributed by atoms with Gasteiger partial charge in [-0.15, -0.1) is 0 Å². The van der Waals surface area contributed by atoms with Gasteiger partial charge >= 0.3 is 0 Å². The van der Waals surface area contributed by atoms with Gasteiger partial charge in [0.2, 0.25) is 11.8 Å². The summed E-state index contributed by atoms with van der Waals surface area (Å²) in [6.45, 7) is 6.67. The molecule has 1 aliphatic heterocycles. The highest BCUT2D eigenvalue weighted by atomic mass is 35.5. The van der Waals surface area contributed by atoms with Crippen LogP contribution < -0.4 is 15.0 Å². The van der Waals surface area contributed by atoms with Crippen molar-refractivity contribution in [3.63, 3.8) is 0 Å². The van der Waals surface area contributed by atoms with E-state index in [4.69, 9.17) is 16.3 Å². The summed E-state index contributed by atoms with van der Waals surface area (Å²) in [5.41, 5.74) is 2.41. The van der Waals surface area contributed by atoms with E-state index >= 15 is 0 Å². The van der Waals surface area contributed by atoms with Gasteiger partial charge in [0.05, 0.1) is 18.7 Å². The molecule has 1 N–H and O–H groups in total. The van der Waals surface area contributed by atoms with Crippen molar-refractivity contribution in [2.24, 2.45) is 5.92 Å². The molecule has 1 heterocycles. The van der Waals surface area contributed by atoms with Crippen molar-refractivity contribution >= 4 is 34.8 Å². The molecule has 3 rings (SSSR count). The summed E-state index contributed by atoms with van der Waals surface area (Å²) in [7, 11) is 1.57. The summed E-state index contributed by atoms with van der Waals surface area (Å²) in [5, 5.41) is 3.56.